The van der Waals surface area contributed by atoms with Gasteiger partial charge in [-0.15, -0.1) is 11.8 Å². The van der Waals surface area contributed by atoms with Crippen molar-refractivity contribution in [2.75, 3.05) is 26.3 Å². The lowest BCUT2D eigenvalue weighted by molar-refractivity contribution is 0.0730. The van der Waals surface area contributed by atoms with Gasteiger partial charge in [0.15, 0.2) is 0 Å². The quantitative estimate of drug-likeness (QED) is 0.791. The van der Waals surface area contributed by atoms with Crippen LogP contribution in [0.2, 0.25) is 0 Å². The van der Waals surface area contributed by atoms with E-state index in [9.17, 15) is 8.42 Å². The van der Waals surface area contributed by atoms with Gasteiger partial charge >= 0.3 is 0 Å². The van der Waals surface area contributed by atoms with Crippen LogP contribution in [0.25, 0.3) is 0 Å². The number of thioether (sulfide) groups is 1. The molecule has 1 saturated heterocycles. The lowest BCUT2D eigenvalue weighted by atomic mass is 10.5. The first-order valence-corrected chi connectivity index (χ1v) is 8.53. The van der Waals surface area contributed by atoms with Gasteiger partial charge in [0.25, 0.3) is 0 Å². The number of rotatable bonds is 4. The van der Waals surface area contributed by atoms with E-state index in [0.717, 1.165) is 5.03 Å². The van der Waals surface area contributed by atoms with Crippen molar-refractivity contribution in [2.45, 2.75) is 29.0 Å². The molecule has 1 aliphatic heterocycles. The summed E-state index contributed by atoms with van der Waals surface area (Å²) in [6, 6.07) is 3.39. The molecular weight excluding hydrogens is 284 g/mol. The van der Waals surface area contributed by atoms with Gasteiger partial charge in [-0.3, -0.25) is 0 Å². The molecule has 0 saturated carbocycles. The van der Waals surface area contributed by atoms with Crippen molar-refractivity contribution in [3.63, 3.8) is 0 Å². The molecule has 1 aromatic heterocycles. The average Bonchev–Trinajstić information content (AvgIpc) is 2.40. The predicted octanol–water partition coefficient (Wildman–Crippen LogP) is 1.60. The van der Waals surface area contributed by atoms with Crippen LogP contribution in [0.15, 0.2) is 28.3 Å². The molecule has 0 aliphatic carbocycles. The van der Waals surface area contributed by atoms with E-state index in [4.69, 9.17) is 4.74 Å². The normalized spacial score (nSPS) is 17.8. The minimum absolute atomic E-state index is 0.252. The van der Waals surface area contributed by atoms with Gasteiger partial charge in [-0.1, -0.05) is 13.8 Å². The molecule has 0 radical (unpaired) electrons. The van der Waals surface area contributed by atoms with Gasteiger partial charge in [0, 0.05) is 24.5 Å². The summed E-state index contributed by atoms with van der Waals surface area (Å²) in [5.74, 6) is 0. The summed E-state index contributed by atoms with van der Waals surface area (Å²) >= 11 is 1.61. The topological polar surface area (TPSA) is 59.5 Å². The zero-order valence-corrected chi connectivity index (χ0v) is 12.7. The first-order chi connectivity index (χ1) is 9.00. The molecule has 5 nitrogen and oxygen atoms in total. The Kier molecular flexibility index (Phi) is 4.83. The van der Waals surface area contributed by atoms with Crippen molar-refractivity contribution in [3.8, 4) is 0 Å². The molecule has 0 spiro atoms. The van der Waals surface area contributed by atoms with E-state index >= 15 is 0 Å². The van der Waals surface area contributed by atoms with Crippen LogP contribution in [0.4, 0.5) is 0 Å². The fourth-order valence-corrected chi connectivity index (χ4v) is 3.86. The molecule has 1 fully saturated rings. The van der Waals surface area contributed by atoms with Crippen molar-refractivity contribution in [3.05, 3.63) is 18.3 Å². The third-order valence-electron chi connectivity index (χ3n) is 2.67. The molecule has 2 heterocycles. The van der Waals surface area contributed by atoms with E-state index in [2.05, 4.69) is 18.8 Å². The van der Waals surface area contributed by atoms with Crippen LogP contribution in [0.3, 0.4) is 0 Å². The lowest BCUT2D eigenvalue weighted by Crippen LogP contribution is -2.40. The zero-order chi connectivity index (χ0) is 13.9. The van der Waals surface area contributed by atoms with E-state index in [1.807, 2.05) is 0 Å². The Hall–Kier alpha value is -0.630. The summed E-state index contributed by atoms with van der Waals surface area (Å²) in [4.78, 5) is 4.46. The minimum Gasteiger partial charge on any atom is -0.379 e. The van der Waals surface area contributed by atoms with Crippen molar-refractivity contribution < 1.29 is 13.2 Å². The Bertz CT molecular complexity index is 508. The molecule has 0 unspecified atom stereocenters. The minimum atomic E-state index is -3.43. The number of hydrogen-bond donors (Lipinski definition) is 0. The Labute approximate surface area is 118 Å². The summed E-state index contributed by atoms with van der Waals surface area (Å²) in [6.45, 7) is 5.87. The summed E-state index contributed by atoms with van der Waals surface area (Å²) in [7, 11) is -3.43. The van der Waals surface area contributed by atoms with Crippen LogP contribution in [-0.4, -0.2) is 49.3 Å². The maximum atomic E-state index is 12.3. The third-order valence-corrected chi connectivity index (χ3v) is 5.51. The van der Waals surface area contributed by atoms with Crippen molar-refractivity contribution in [2.24, 2.45) is 0 Å². The summed E-state index contributed by atoms with van der Waals surface area (Å²) in [5, 5.41) is 1.27. The largest absolute Gasteiger partial charge is 0.379 e. The third kappa shape index (κ3) is 3.68. The molecule has 0 N–H and O–H groups in total. The smallest absolute Gasteiger partial charge is 0.244 e. The predicted molar refractivity (Wildman–Crippen MR) is 74.8 cm³/mol. The van der Waals surface area contributed by atoms with Crippen LogP contribution in [0, 0.1) is 0 Å². The van der Waals surface area contributed by atoms with Gasteiger partial charge in [0.2, 0.25) is 10.0 Å². The Morgan fingerprint density at radius 3 is 2.53 bits per heavy atom. The fourth-order valence-electron chi connectivity index (χ4n) is 1.77. The van der Waals surface area contributed by atoms with E-state index in [-0.39, 0.29) is 4.90 Å². The first-order valence-electron chi connectivity index (χ1n) is 6.21. The summed E-state index contributed by atoms with van der Waals surface area (Å²) in [5.41, 5.74) is 0. The van der Waals surface area contributed by atoms with Crippen LogP contribution < -0.4 is 0 Å². The van der Waals surface area contributed by atoms with Crippen LogP contribution in [0.5, 0.6) is 0 Å². The highest BCUT2D eigenvalue weighted by atomic mass is 32.2. The monoisotopic (exact) mass is 302 g/mol. The van der Waals surface area contributed by atoms with Crippen LogP contribution in [0.1, 0.15) is 13.8 Å². The summed E-state index contributed by atoms with van der Waals surface area (Å²) in [6.07, 6.45) is 1.44. The van der Waals surface area contributed by atoms with Gasteiger partial charge in [-0.2, -0.15) is 4.31 Å². The molecule has 7 heteroatoms. The van der Waals surface area contributed by atoms with E-state index in [0.29, 0.717) is 31.6 Å². The number of aromatic nitrogens is 1. The number of sulfonamides is 1. The van der Waals surface area contributed by atoms with Crippen LogP contribution >= 0.6 is 11.8 Å². The maximum absolute atomic E-state index is 12.3. The second-order valence-electron chi connectivity index (χ2n) is 4.52. The highest BCUT2D eigenvalue weighted by Gasteiger charge is 2.26. The summed E-state index contributed by atoms with van der Waals surface area (Å²) < 4.78 is 31.3. The van der Waals surface area contributed by atoms with Crippen molar-refractivity contribution in [1.82, 2.24) is 9.29 Å². The Morgan fingerprint density at radius 2 is 2.00 bits per heavy atom. The molecule has 1 aromatic rings. The highest BCUT2D eigenvalue weighted by Crippen LogP contribution is 2.23. The number of pyridine rings is 1. The van der Waals surface area contributed by atoms with Crippen LogP contribution in [-0.2, 0) is 14.8 Å². The molecule has 0 bridgehead atoms. The van der Waals surface area contributed by atoms with Gasteiger partial charge in [0.1, 0.15) is 4.90 Å². The lowest BCUT2D eigenvalue weighted by Gasteiger charge is -2.25. The number of ether oxygens (including phenoxy) is 1. The number of morpholine rings is 1. The Balaban J connectivity index is 2.16. The second-order valence-corrected chi connectivity index (χ2v) is 8.05. The van der Waals surface area contributed by atoms with E-state index in [1.165, 1.54) is 10.5 Å². The van der Waals surface area contributed by atoms with Crippen molar-refractivity contribution >= 4 is 21.8 Å². The fraction of sp³-hybridized carbons (Fsp3) is 0.583. The SMILES string of the molecule is CC(C)Sc1ccc(S(=O)(=O)N2CCOCC2)cn1. The van der Waals surface area contributed by atoms with Gasteiger partial charge in [-0.25, -0.2) is 13.4 Å². The molecule has 106 valence electrons. The Morgan fingerprint density at radius 1 is 1.32 bits per heavy atom. The first kappa shape index (κ1) is 14.8. The molecule has 1 aliphatic rings. The number of nitrogens with zero attached hydrogens (tertiary/aromatic N) is 2. The van der Waals surface area contributed by atoms with Gasteiger partial charge in [-0.05, 0) is 12.1 Å². The van der Waals surface area contributed by atoms with Crippen molar-refractivity contribution in [1.29, 1.82) is 0 Å². The maximum Gasteiger partial charge on any atom is 0.244 e. The molecule has 19 heavy (non-hydrogen) atoms. The molecule has 0 atom stereocenters. The van der Waals surface area contributed by atoms with Gasteiger partial charge in [0.05, 0.1) is 18.2 Å². The highest BCUT2D eigenvalue weighted by molar-refractivity contribution is 7.99. The number of hydrogen-bond acceptors (Lipinski definition) is 5. The second kappa shape index (κ2) is 6.21. The van der Waals surface area contributed by atoms with E-state index < -0.39 is 10.0 Å². The molecule has 0 aromatic carbocycles. The molecule has 0 amide bonds. The average molecular weight is 302 g/mol. The van der Waals surface area contributed by atoms with E-state index in [1.54, 1.807) is 23.9 Å². The van der Waals surface area contributed by atoms with Gasteiger partial charge < -0.3 is 4.74 Å². The standard InChI is InChI=1S/C12H18N2O3S2/c1-10(2)18-12-4-3-11(9-13-12)19(15,16)14-5-7-17-8-6-14/h3-4,9-10H,5-8H2,1-2H3. The molecular formula is C12H18N2O3S2. The molecule has 2 rings (SSSR count). The zero-order valence-electron chi connectivity index (χ0n) is 11.1.